The Labute approximate surface area is 186 Å². The van der Waals surface area contributed by atoms with Crippen LogP contribution in [0.1, 0.15) is 18.4 Å². The Bertz CT molecular complexity index is 652. The SMILES string of the molecule is COC(=O)C(CC(=O)CSCCC(N)=O)Cc1ccc(N(CCCl)CCCl)cc1. The molecule has 0 saturated carbocycles. The number of rotatable bonds is 15. The van der Waals surface area contributed by atoms with Gasteiger partial charge in [-0.25, -0.2) is 0 Å². The number of Topliss-reactive ketones (excluding diaryl/α,β-unsaturated/α-hetero) is 1. The molecule has 162 valence electrons. The van der Waals surface area contributed by atoms with Gasteiger partial charge in [-0.2, -0.15) is 11.8 Å². The molecule has 0 saturated heterocycles. The van der Waals surface area contributed by atoms with Gasteiger partial charge in [-0.3, -0.25) is 14.4 Å². The first-order valence-electron chi connectivity index (χ1n) is 9.32. The average molecular weight is 463 g/mol. The van der Waals surface area contributed by atoms with E-state index in [0.717, 1.165) is 11.3 Å². The quantitative estimate of drug-likeness (QED) is 0.245. The zero-order chi connectivity index (χ0) is 21.6. The van der Waals surface area contributed by atoms with Gasteiger partial charge >= 0.3 is 5.97 Å². The largest absolute Gasteiger partial charge is 0.469 e. The second kappa shape index (κ2) is 14.5. The molecule has 0 aliphatic rings. The molecule has 0 spiro atoms. The van der Waals surface area contributed by atoms with Gasteiger partial charge in [0.25, 0.3) is 0 Å². The first-order chi connectivity index (χ1) is 13.9. The minimum absolute atomic E-state index is 0.0538. The fraction of sp³-hybridized carbons (Fsp3) is 0.550. The summed E-state index contributed by atoms with van der Waals surface area (Å²) in [6.07, 6.45) is 0.744. The van der Waals surface area contributed by atoms with Crippen LogP contribution in [0.3, 0.4) is 0 Å². The summed E-state index contributed by atoms with van der Waals surface area (Å²) >= 11 is 13.0. The van der Waals surface area contributed by atoms with Crippen LogP contribution in [-0.2, 0) is 25.5 Å². The predicted molar refractivity (Wildman–Crippen MR) is 120 cm³/mol. The third-order valence-corrected chi connectivity index (χ3v) is 5.61. The highest BCUT2D eigenvalue weighted by Gasteiger charge is 2.23. The summed E-state index contributed by atoms with van der Waals surface area (Å²) in [5.74, 6) is 0.342. The van der Waals surface area contributed by atoms with Gasteiger partial charge in [-0.1, -0.05) is 12.1 Å². The Hall–Kier alpha value is -1.44. The van der Waals surface area contributed by atoms with Crippen LogP contribution in [0.2, 0.25) is 0 Å². The molecule has 1 aromatic carbocycles. The third kappa shape index (κ3) is 10.2. The van der Waals surface area contributed by atoms with Gasteiger partial charge in [-0.05, 0) is 24.1 Å². The number of nitrogens with zero attached hydrogens (tertiary/aromatic N) is 1. The summed E-state index contributed by atoms with van der Waals surface area (Å²) in [5.41, 5.74) is 7.03. The fourth-order valence-electron chi connectivity index (χ4n) is 2.80. The van der Waals surface area contributed by atoms with Gasteiger partial charge in [0, 0.05) is 49.1 Å². The van der Waals surface area contributed by atoms with Gasteiger partial charge in [0.15, 0.2) is 0 Å². The van der Waals surface area contributed by atoms with Gasteiger partial charge in [0.05, 0.1) is 18.8 Å². The monoisotopic (exact) mass is 462 g/mol. The zero-order valence-corrected chi connectivity index (χ0v) is 18.9. The smallest absolute Gasteiger partial charge is 0.309 e. The van der Waals surface area contributed by atoms with E-state index < -0.39 is 17.8 Å². The minimum Gasteiger partial charge on any atom is -0.469 e. The predicted octanol–water partition coefficient (Wildman–Crippen LogP) is 2.87. The molecular weight excluding hydrogens is 435 g/mol. The molecule has 1 atom stereocenters. The number of carbonyl (C=O) groups excluding carboxylic acids is 3. The van der Waals surface area contributed by atoms with Crippen LogP contribution in [0.25, 0.3) is 0 Å². The number of benzene rings is 1. The Morgan fingerprint density at radius 3 is 2.28 bits per heavy atom. The zero-order valence-electron chi connectivity index (χ0n) is 16.6. The first kappa shape index (κ1) is 25.6. The molecule has 0 aliphatic carbocycles. The summed E-state index contributed by atoms with van der Waals surface area (Å²) in [6.45, 7) is 1.39. The number of alkyl halides is 2. The molecule has 1 aromatic rings. The molecule has 0 aliphatic heterocycles. The number of halogens is 2. The highest BCUT2D eigenvalue weighted by molar-refractivity contribution is 7.99. The van der Waals surface area contributed by atoms with Crippen molar-refractivity contribution in [2.75, 3.05) is 48.4 Å². The standard InChI is InChI=1S/C20H28Cl2N2O4S/c1-28-20(27)16(13-18(25)14-29-11-6-19(23)26)12-15-2-4-17(5-3-15)24(9-7-21)10-8-22/h2-5,16H,6-14H2,1H3,(H2,23,26). The maximum atomic E-state index is 12.2. The Balaban J connectivity index is 2.69. The molecule has 0 aromatic heterocycles. The van der Waals surface area contributed by atoms with Crippen LogP contribution in [0.15, 0.2) is 24.3 Å². The number of hydrogen-bond donors (Lipinski definition) is 1. The summed E-state index contributed by atoms with van der Waals surface area (Å²) in [6, 6.07) is 7.80. The second-order valence-corrected chi connectivity index (χ2v) is 8.33. The molecule has 0 bridgehead atoms. The van der Waals surface area contributed by atoms with Crippen LogP contribution in [-0.4, -0.2) is 61.1 Å². The number of amides is 1. The lowest BCUT2D eigenvalue weighted by molar-refractivity contribution is -0.147. The van der Waals surface area contributed by atoms with E-state index in [4.69, 9.17) is 33.7 Å². The molecule has 0 fully saturated rings. The fourth-order valence-corrected chi connectivity index (χ4v) is 4.04. The van der Waals surface area contributed by atoms with Crippen LogP contribution in [0.4, 0.5) is 5.69 Å². The molecule has 1 amide bonds. The number of primary amides is 1. The molecule has 0 heterocycles. The third-order valence-electron chi connectivity index (χ3n) is 4.26. The summed E-state index contributed by atoms with van der Waals surface area (Å²) in [4.78, 5) is 37.2. The molecule has 6 nitrogen and oxygen atoms in total. The topological polar surface area (TPSA) is 89.7 Å². The molecule has 0 radical (unpaired) electrons. The number of methoxy groups -OCH3 is 1. The van der Waals surface area contributed by atoms with Gasteiger partial charge < -0.3 is 15.4 Å². The van der Waals surface area contributed by atoms with Crippen LogP contribution >= 0.6 is 35.0 Å². The molecule has 1 rings (SSSR count). The highest BCUT2D eigenvalue weighted by atomic mass is 35.5. The normalized spacial score (nSPS) is 11.7. The Morgan fingerprint density at radius 2 is 1.76 bits per heavy atom. The van der Waals surface area contributed by atoms with Crippen molar-refractivity contribution in [1.29, 1.82) is 0 Å². The van der Waals surface area contributed by atoms with Crippen molar-refractivity contribution < 1.29 is 19.1 Å². The van der Waals surface area contributed by atoms with E-state index in [1.54, 1.807) is 0 Å². The summed E-state index contributed by atoms with van der Waals surface area (Å²) in [7, 11) is 1.32. The van der Waals surface area contributed by atoms with E-state index in [1.165, 1.54) is 18.9 Å². The highest BCUT2D eigenvalue weighted by Crippen LogP contribution is 2.20. The lowest BCUT2D eigenvalue weighted by atomic mass is 9.94. The van der Waals surface area contributed by atoms with Crippen molar-refractivity contribution in [3.05, 3.63) is 29.8 Å². The molecule has 9 heteroatoms. The number of ketones is 1. The van der Waals surface area contributed by atoms with Crippen molar-refractivity contribution in [3.63, 3.8) is 0 Å². The van der Waals surface area contributed by atoms with E-state index in [2.05, 4.69) is 4.90 Å². The van der Waals surface area contributed by atoms with Crippen LogP contribution in [0.5, 0.6) is 0 Å². The molecule has 2 N–H and O–H groups in total. The Kier molecular flexibility index (Phi) is 12.8. The van der Waals surface area contributed by atoms with Crippen molar-refractivity contribution in [2.24, 2.45) is 11.7 Å². The van der Waals surface area contributed by atoms with Gasteiger partial charge in [0.1, 0.15) is 5.78 Å². The number of anilines is 1. The van der Waals surface area contributed by atoms with E-state index >= 15 is 0 Å². The number of hydrogen-bond acceptors (Lipinski definition) is 6. The Morgan fingerprint density at radius 1 is 1.14 bits per heavy atom. The maximum Gasteiger partial charge on any atom is 0.309 e. The molecular formula is C20H28Cl2N2O4S. The number of esters is 1. The molecule has 1 unspecified atom stereocenters. The first-order valence-corrected chi connectivity index (χ1v) is 11.5. The van der Waals surface area contributed by atoms with Crippen molar-refractivity contribution in [3.8, 4) is 0 Å². The average Bonchev–Trinajstić information content (AvgIpc) is 2.70. The summed E-state index contributed by atoms with van der Waals surface area (Å²) in [5, 5.41) is 0. The van der Waals surface area contributed by atoms with E-state index in [0.29, 0.717) is 37.0 Å². The lowest BCUT2D eigenvalue weighted by Crippen LogP contribution is -2.27. The van der Waals surface area contributed by atoms with Crippen LogP contribution < -0.4 is 10.6 Å². The van der Waals surface area contributed by atoms with Crippen LogP contribution in [0, 0.1) is 5.92 Å². The summed E-state index contributed by atoms with van der Waals surface area (Å²) < 4.78 is 4.87. The number of thioether (sulfide) groups is 1. The van der Waals surface area contributed by atoms with E-state index in [-0.39, 0.29) is 24.4 Å². The number of nitrogens with two attached hydrogens (primary N) is 1. The van der Waals surface area contributed by atoms with E-state index in [9.17, 15) is 14.4 Å². The minimum atomic E-state index is -0.545. The molecule has 29 heavy (non-hydrogen) atoms. The van der Waals surface area contributed by atoms with Crippen molar-refractivity contribution in [2.45, 2.75) is 19.3 Å². The number of carbonyl (C=O) groups is 3. The second-order valence-electron chi connectivity index (χ2n) is 6.47. The van der Waals surface area contributed by atoms with Gasteiger partial charge in [-0.15, -0.1) is 23.2 Å². The van der Waals surface area contributed by atoms with Gasteiger partial charge in [0.2, 0.25) is 5.91 Å². The maximum absolute atomic E-state index is 12.2. The van der Waals surface area contributed by atoms with Crippen molar-refractivity contribution >= 4 is 58.3 Å². The van der Waals surface area contributed by atoms with Crippen molar-refractivity contribution in [1.82, 2.24) is 0 Å². The lowest BCUT2D eigenvalue weighted by Gasteiger charge is -2.23. The number of ether oxygens (including phenoxy) is 1. The van der Waals surface area contributed by atoms with E-state index in [1.807, 2.05) is 24.3 Å².